The van der Waals surface area contributed by atoms with Gasteiger partial charge in [0.05, 0.1) is 12.7 Å². The smallest absolute Gasteiger partial charge is 0.335 e. The van der Waals surface area contributed by atoms with Crippen LogP contribution >= 0.6 is 0 Å². The second kappa shape index (κ2) is 5.87. The molecule has 1 aromatic heterocycles. The van der Waals surface area contributed by atoms with Crippen LogP contribution in [0, 0.1) is 0 Å². The lowest BCUT2D eigenvalue weighted by Crippen LogP contribution is -2.13. The van der Waals surface area contributed by atoms with E-state index in [-0.39, 0.29) is 28.6 Å². The summed E-state index contributed by atoms with van der Waals surface area (Å²) in [4.78, 5) is 21.8. The number of carbonyl (C=O) groups excluding carboxylic acids is 1. The summed E-state index contributed by atoms with van der Waals surface area (Å²) >= 11 is 0. The number of hydrogen-bond donors (Lipinski definition) is 2. The van der Waals surface area contributed by atoms with Crippen molar-refractivity contribution < 1.29 is 24.2 Å². The average molecular weight is 289 g/mol. The maximum Gasteiger partial charge on any atom is 0.335 e. The van der Waals surface area contributed by atoms with Gasteiger partial charge < -0.3 is 20.3 Å². The van der Waals surface area contributed by atoms with Crippen molar-refractivity contribution >= 4 is 11.9 Å². The van der Waals surface area contributed by atoms with E-state index in [1.54, 1.807) is 0 Å². The fourth-order valence-electron chi connectivity index (χ4n) is 1.50. The normalized spacial score (nSPS) is 9.95. The number of hydrogen-bond acceptors (Lipinski definition) is 6. The van der Waals surface area contributed by atoms with Crippen molar-refractivity contribution in [2.75, 3.05) is 7.11 Å². The lowest BCUT2D eigenvalue weighted by Gasteiger charge is -2.09. The minimum absolute atomic E-state index is 0.00976. The Morgan fingerprint density at radius 2 is 1.90 bits per heavy atom. The average Bonchev–Trinajstić information content (AvgIpc) is 2.48. The third-order valence-electron chi connectivity index (χ3n) is 2.52. The van der Waals surface area contributed by atoms with Gasteiger partial charge in [0.25, 0.3) is 5.91 Å². The van der Waals surface area contributed by atoms with Crippen LogP contribution in [0.15, 0.2) is 30.3 Å². The number of carboxylic acid groups (broad SMARTS) is 1. The van der Waals surface area contributed by atoms with Crippen LogP contribution in [0.5, 0.6) is 17.4 Å². The molecule has 0 atom stereocenters. The highest BCUT2D eigenvalue weighted by Crippen LogP contribution is 2.31. The van der Waals surface area contributed by atoms with Crippen LogP contribution < -0.4 is 15.2 Å². The van der Waals surface area contributed by atoms with Gasteiger partial charge >= 0.3 is 5.97 Å². The van der Waals surface area contributed by atoms with Crippen molar-refractivity contribution in [2.24, 2.45) is 5.73 Å². The van der Waals surface area contributed by atoms with Crippen molar-refractivity contribution in [1.29, 1.82) is 0 Å². The van der Waals surface area contributed by atoms with Crippen LogP contribution in [0.25, 0.3) is 0 Å². The molecule has 1 amide bonds. The van der Waals surface area contributed by atoms with E-state index in [1.165, 1.54) is 37.4 Å². The van der Waals surface area contributed by atoms with Crippen molar-refractivity contribution in [3.63, 3.8) is 0 Å². The van der Waals surface area contributed by atoms with Gasteiger partial charge in [0.1, 0.15) is 0 Å². The summed E-state index contributed by atoms with van der Waals surface area (Å²) in [6.45, 7) is 0. The Labute approximate surface area is 119 Å². The minimum atomic E-state index is -1.08. The zero-order valence-electron chi connectivity index (χ0n) is 10.9. The molecule has 0 bridgehead atoms. The molecule has 8 heteroatoms. The number of ether oxygens (including phenoxy) is 2. The third-order valence-corrected chi connectivity index (χ3v) is 2.52. The molecular formula is C13H11N3O5. The highest BCUT2D eigenvalue weighted by molar-refractivity contribution is 5.90. The van der Waals surface area contributed by atoms with Crippen LogP contribution in [-0.2, 0) is 0 Å². The SMILES string of the molecule is COc1cc(C(=O)O)ccc1Oc1ccc(C(N)=O)nn1. The summed E-state index contributed by atoms with van der Waals surface area (Å²) in [6, 6.07) is 6.90. The number of methoxy groups -OCH3 is 1. The lowest BCUT2D eigenvalue weighted by molar-refractivity contribution is 0.0696. The predicted molar refractivity (Wildman–Crippen MR) is 70.6 cm³/mol. The van der Waals surface area contributed by atoms with E-state index in [4.69, 9.17) is 20.3 Å². The molecule has 108 valence electrons. The Morgan fingerprint density at radius 3 is 2.43 bits per heavy atom. The Morgan fingerprint density at radius 1 is 1.14 bits per heavy atom. The van der Waals surface area contributed by atoms with Gasteiger partial charge in [-0.3, -0.25) is 4.79 Å². The summed E-state index contributed by atoms with van der Waals surface area (Å²) < 4.78 is 10.5. The fraction of sp³-hybridized carbons (Fsp3) is 0.0769. The Balaban J connectivity index is 2.26. The molecule has 0 unspecified atom stereocenters. The fourth-order valence-corrected chi connectivity index (χ4v) is 1.50. The molecule has 1 heterocycles. The first kappa shape index (κ1) is 14.3. The number of aromatic carboxylic acids is 1. The Hall–Kier alpha value is -3.16. The molecule has 0 spiro atoms. The molecule has 1 aromatic carbocycles. The van der Waals surface area contributed by atoms with Gasteiger partial charge in [0, 0.05) is 6.07 Å². The molecule has 21 heavy (non-hydrogen) atoms. The molecule has 0 aliphatic carbocycles. The zero-order valence-corrected chi connectivity index (χ0v) is 10.9. The molecule has 0 fully saturated rings. The summed E-state index contributed by atoms with van der Waals surface area (Å²) in [5.74, 6) is -1.16. The maximum absolute atomic E-state index is 10.9. The first-order valence-electron chi connectivity index (χ1n) is 5.74. The monoisotopic (exact) mass is 289 g/mol. The minimum Gasteiger partial charge on any atom is -0.493 e. The molecule has 2 aromatic rings. The Kier molecular flexibility index (Phi) is 3.98. The van der Waals surface area contributed by atoms with E-state index in [0.29, 0.717) is 0 Å². The highest BCUT2D eigenvalue weighted by Gasteiger charge is 2.12. The maximum atomic E-state index is 10.9. The second-order valence-corrected chi connectivity index (χ2v) is 3.89. The van der Waals surface area contributed by atoms with Crippen LogP contribution in [0.3, 0.4) is 0 Å². The van der Waals surface area contributed by atoms with Crippen molar-refractivity contribution in [1.82, 2.24) is 10.2 Å². The van der Waals surface area contributed by atoms with E-state index < -0.39 is 11.9 Å². The number of nitrogens with two attached hydrogens (primary N) is 1. The van der Waals surface area contributed by atoms with Crippen LogP contribution in [0.2, 0.25) is 0 Å². The van der Waals surface area contributed by atoms with Gasteiger partial charge in [-0.2, -0.15) is 0 Å². The van der Waals surface area contributed by atoms with E-state index in [2.05, 4.69) is 10.2 Å². The number of aromatic nitrogens is 2. The number of amides is 1. The molecule has 0 aliphatic heterocycles. The molecule has 2 rings (SSSR count). The number of primary amides is 1. The molecular weight excluding hydrogens is 278 g/mol. The first-order chi connectivity index (χ1) is 10.0. The lowest BCUT2D eigenvalue weighted by atomic mass is 10.2. The van der Waals surface area contributed by atoms with Gasteiger partial charge in [0.15, 0.2) is 17.2 Å². The Bertz CT molecular complexity index is 685. The van der Waals surface area contributed by atoms with E-state index in [0.717, 1.165) is 0 Å². The van der Waals surface area contributed by atoms with E-state index >= 15 is 0 Å². The molecule has 3 N–H and O–H groups in total. The van der Waals surface area contributed by atoms with Crippen LogP contribution in [-0.4, -0.2) is 34.3 Å². The first-order valence-corrected chi connectivity index (χ1v) is 5.74. The predicted octanol–water partition coefficient (Wildman–Crippen LogP) is 1.07. The van der Waals surface area contributed by atoms with E-state index in [1.807, 2.05) is 0 Å². The van der Waals surface area contributed by atoms with Crippen molar-refractivity contribution in [3.8, 4) is 17.4 Å². The van der Waals surface area contributed by atoms with Gasteiger partial charge in [-0.25, -0.2) is 4.79 Å². The van der Waals surface area contributed by atoms with Crippen molar-refractivity contribution in [2.45, 2.75) is 0 Å². The second-order valence-electron chi connectivity index (χ2n) is 3.89. The number of nitrogens with zero attached hydrogens (tertiary/aromatic N) is 2. The molecule has 0 saturated carbocycles. The highest BCUT2D eigenvalue weighted by atomic mass is 16.5. The summed E-state index contributed by atoms with van der Waals surface area (Å²) in [6.07, 6.45) is 0. The number of benzene rings is 1. The topological polar surface area (TPSA) is 125 Å². The number of carboxylic acids is 1. The molecule has 8 nitrogen and oxygen atoms in total. The van der Waals surface area contributed by atoms with Gasteiger partial charge in [-0.05, 0) is 24.3 Å². The van der Waals surface area contributed by atoms with Gasteiger partial charge in [0.2, 0.25) is 5.88 Å². The van der Waals surface area contributed by atoms with Crippen LogP contribution in [0.4, 0.5) is 0 Å². The number of carbonyl (C=O) groups is 2. The third kappa shape index (κ3) is 3.24. The van der Waals surface area contributed by atoms with Crippen LogP contribution in [0.1, 0.15) is 20.8 Å². The summed E-state index contributed by atoms with van der Waals surface area (Å²) in [7, 11) is 1.38. The molecule has 0 saturated heterocycles. The largest absolute Gasteiger partial charge is 0.493 e. The summed E-state index contributed by atoms with van der Waals surface area (Å²) in [5.41, 5.74) is 5.12. The standard InChI is InChI=1S/C13H11N3O5/c1-20-10-6-7(13(18)19)2-4-9(10)21-11-5-3-8(12(14)17)15-16-11/h2-6H,1H3,(H2,14,17)(H,18,19). The van der Waals surface area contributed by atoms with Crippen molar-refractivity contribution in [3.05, 3.63) is 41.6 Å². The number of rotatable bonds is 5. The van der Waals surface area contributed by atoms with Gasteiger partial charge in [-0.1, -0.05) is 0 Å². The quantitative estimate of drug-likeness (QED) is 0.843. The molecule has 0 aliphatic rings. The van der Waals surface area contributed by atoms with E-state index in [9.17, 15) is 9.59 Å². The summed E-state index contributed by atoms with van der Waals surface area (Å²) in [5, 5.41) is 16.2. The zero-order chi connectivity index (χ0) is 15.4. The van der Waals surface area contributed by atoms with Gasteiger partial charge in [-0.15, -0.1) is 10.2 Å². The molecule has 0 radical (unpaired) electrons.